The van der Waals surface area contributed by atoms with Crippen LogP contribution in [0.4, 0.5) is 16.2 Å². The van der Waals surface area contributed by atoms with Crippen molar-refractivity contribution in [2.75, 3.05) is 23.0 Å². The van der Waals surface area contributed by atoms with Gasteiger partial charge in [0.15, 0.2) is 0 Å². The molecule has 1 fully saturated rings. The molecule has 2 aromatic carbocycles. The van der Waals surface area contributed by atoms with Crippen molar-refractivity contribution < 1.29 is 9.53 Å². The highest BCUT2D eigenvalue weighted by Gasteiger charge is 2.34. The van der Waals surface area contributed by atoms with E-state index in [1.807, 2.05) is 0 Å². The predicted octanol–water partition coefficient (Wildman–Crippen LogP) is 5.54. The summed E-state index contributed by atoms with van der Waals surface area (Å²) in [6.07, 6.45) is 0.410. The molecule has 2 aromatic rings. The Morgan fingerprint density at radius 3 is 2.03 bits per heavy atom. The molecular weight excluding hydrogens is 362 g/mol. The van der Waals surface area contributed by atoms with E-state index in [4.69, 9.17) is 4.74 Å². The first-order valence-corrected chi connectivity index (χ1v) is 10.3. The normalized spacial score (nSPS) is 18.3. The van der Waals surface area contributed by atoms with Crippen LogP contribution in [-0.2, 0) is 4.74 Å². The van der Waals surface area contributed by atoms with Gasteiger partial charge in [-0.25, -0.2) is 4.79 Å². The molecule has 1 atom stereocenters. The molecule has 5 nitrogen and oxygen atoms in total. The van der Waals surface area contributed by atoms with E-state index in [0.29, 0.717) is 12.6 Å². The predicted molar refractivity (Wildman–Crippen MR) is 120 cm³/mol. The second-order valence-corrected chi connectivity index (χ2v) is 7.75. The van der Waals surface area contributed by atoms with Crippen LogP contribution >= 0.6 is 0 Å². The first kappa shape index (κ1) is 20.9. The average molecular weight is 394 g/mol. The molecule has 1 heterocycles. The van der Waals surface area contributed by atoms with Gasteiger partial charge in [-0.2, -0.15) is 0 Å². The fourth-order valence-electron chi connectivity index (χ4n) is 4.17. The number of aryl methyl sites for hydroxylation is 4. The molecule has 154 valence electrons. The number of hydrogen-bond acceptors (Lipinski definition) is 2. The van der Waals surface area contributed by atoms with Crippen LogP contribution < -0.4 is 9.80 Å². The number of carbonyl (C=O) groups is 1. The lowest BCUT2D eigenvalue weighted by atomic mass is 10.0. The van der Waals surface area contributed by atoms with E-state index in [2.05, 4.69) is 85.8 Å². The van der Waals surface area contributed by atoms with Crippen LogP contribution in [0.15, 0.2) is 41.4 Å². The monoisotopic (exact) mass is 393 g/mol. The molecule has 0 N–H and O–H groups in total. The molecule has 1 saturated heterocycles. The van der Waals surface area contributed by atoms with Gasteiger partial charge in [0.1, 0.15) is 0 Å². The van der Waals surface area contributed by atoms with Crippen LogP contribution in [0.3, 0.4) is 0 Å². The van der Waals surface area contributed by atoms with Gasteiger partial charge in [-0.15, -0.1) is 4.99 Å². The van der Waals surface area contributed by atoms with E-state index in [9.17, 15) is 4.79 Å². The molecule has 0 spiro atoms. The molecule has 0 saturated carbocycles. The van der Waals surface area contributed by atoms with Crippen LogP contribution in [0.1, 0.15) is 42.5 Å². The summed E-state index contributed by atoms with van der Waals surface area (Å²) < 4.78 is 5.19. The molecule has 0 bridgehead atoms. The zero-order chi connectivity index (χ0) is 21.1. The summed E-state index contributed by atoms with van der Waals surface area (Å²) in [7, 11) is 0. The van der Waals surface area contributed by atoms with Gasteiger partial charge in [-0.3, -0.25) is 0 Å². The van der Waals surface area contributed by atoms with Crippen molar-refractivity contribution in [1.29, 1.82) is 0 Å². The molecule has 1 unspecified atom stereocenters. The van der Waals surface area contributed by atoms with Crippen LogP contribution in [0.25, 0.3) is 0 Å². The molecular formula is C24H31N3O2. The fourth-order valence-corrected chi connectivity index (χ4v) is 4.17. The van der Waals surface area contributed by atoms with Gasteiger partial charge < -0.3 is 14.5 Å². The topological polar surface area (TPSA) is 45.1 Å². The van der Waals surface area contributed by atoms with E-state index < -0.39 is 6.09 Å². The van der Waals surface area contributed by atoms with Crippen molar-refractivity contribution in [3.63, 3.8) is 0 Å². The second kappa shape index (κ2) is 8.68. The number of ether oxygens (including phenoxy) is 1. The second-order valence-electron chi connectivity index (χ2n) is 7.75. The number of carbonyl (C=O) groups excluding carboxylic acids is 1. The lowest BCUT2D eigenvalue weighted by Crippen LogP contribution is -2.56. The minimum atomic E-state index is -0.552. The third kappa shape index (κ3) is 4.14. The van der Waals surface area contributed by atoms with Crippen LogP contribution in [0, 0.1) is 27.7 Å². The van der Waals surface area contributed by atoms with Crippen LogP contribution in [0.5, 0.6) is 0 Å². The Balaban J connectivity index is 2.21. The SMILES string of the molecule is CCOC(=O)N=C1N(c2c(C)cccc2C)CCC(C)N1c1c(C)cccc1C. The number of rotatable bonds is 3. The van der Waals surface area contributed by atoms with Crippen LogP contribution in [0.2, 0.25) is 0 Å². The molecule has 0 radical (unpaired) electrons. The lowest BCUT2D eigenvalue weighted by Gasteiger charge is -2.44. The molecule has 0 aliphatic carbocycles. The van der Waals surface area contributed by atoms with Crippen molar-refractivity contribution in [3.8, 4) is 0 Å². The standard InChI is InChI=1S/C24H31N3O2/c1-7-29-24(28)25-23-26(21-16(2)10-8-11-17(21)3)15-14-20(6)27(23)22-18(4)12-9-13-19(22)5/h8-13,20H,7,14-15H2,1-6H3. The maximum absolute atomic E-state index is 12.4. The Labute approximate surface area is 174 Å². The average Bonchev–Trinajstić information content (AvgIpc) is 2.65. The summed E-state index contributed by atoms with van der Waals surface area (Å²) in [4.78, 5) is 21.3. The van der Waals surface area contributed by atoms with Gasteiger partial charge in [-0.1, -0.05) is 36.4 Å². The van der Waals surface area contributed by atoms with Crippen molar-refractivity contribution in [2.45, 2.75) is 54.0 Å². The Kier molecular flexibility index (Phi) is 6.26. The summed E-state index contributed by atoms with van der Waals surface area (Å²) in [5.74, 6) is 0.636. The number of benzene rings is 2. The third-order valence-electron chi connectivity index (χ3n) is 5.52. The molecule has 1 aliphatic rings. The molecule has 0 aromatic heterocycles. The highest BCUT2D eigenvalue weighted by molar-refractivity contribution is 6.12. The number of para-hydroxylation sites is 2. The zero-order valence-corrected chi connectivity index (χ0v) is 18.3. The first-order valence-electron chi connectivity index (χ1n) is 10.3. The Hall–Kier alpha value is -2.82. The van der Waals surface area contributed by atoms with Crippen molar-refractivity contribution in [1.82, 2.24) is 0 Å². The Bertz CT molecular complexity index is 895. The number of hydrogen-bond donors (Lipinski definition) is 0. The highest BCUT2D eigenvalue weighted by Crippen LogP contribution is 2.35. The van der Waals surface area contributed by atoms with Gasteiger partial charge in [0.25, 0.3) is 0 Å². The Morgan fingerprint density at radius 1 is 1.00 bits per heavy atom. The van der Waals surface area contributed by atoms with E-state index in [0.717, 1.165) is 46.6 Å². The summed E-state index contributed by atoms with van der Waals surface area (Å²) in [6, 6.07) is 12.8. The lowest BCUT2D eigenvalue weighted by molar-refractivity contribution is 0.163. The number of aliphatic imine (C=N–C) groups is 1. The summed E-state index contributed by atoms with van der Waals surface area (Å²) in [6.45, 7) is 13.5. The largest absolute Gasteiger partial charge is 0.448 e. The van der Waals surface area contributed by atoms with Crippen molar-refractivity contribution in [2.24, 2.45) is 4.99 Å². The maximum atomic E-state index is 12.4. The summed E-state index contributed by atoms with van der Waals surface area (Å²) in [5.41, 5.74) is 6.88. The van der Waals surface area contributed by atoms with Gasteiger partial charge in [0.2, 0.25) is 5.96 Å². The third-order valence-corrected chi connectivity index (χ3v) is 5.52. The van der Waals surface area contributed by atoms with E-state index in [1.165, 1.54) is 0 Å². The van der Waals surface area contributed by atoms with Crippen molar-refractivity contribution >= 4 is 23.4 Å². The molecule has 1 aliphatic heterocycles. The first-order chi connectivity index (χ1) is 13.8. The molecule has 1 amide bonds. The summed E-state index contributed by atoms with van der Waals surface area (Å²) in [5, 5.41) is 0. The zero-order valence-electron chi connectivity index (χ0n) is 18.3. The fraction of sp³-hybridized carbons (Fsp3) is 0.417. The van der Waals surface area contributed by atoms with Gasteiger partial charge in [0.05, 0.1) is 6.61 Å². The number of nitrogens with zero attached hydrogens (tertiary/aromatic N) is 3. The number of anilines is 2. The van der Waals surface area contributed by atoms with Gasteiger partial charge in [0, 0.05) is 24.0 Å². The Morgan fingerprint density at radius 2 is 1.52 bits per heavy atom. The van der Waals surface area contributed by atoms with Gasteiger partial charge in [-0.05, 0) is 70.2 Å². The number of amides is 1. The quantitative estimate of drug-likeness (QED) is 0.687. The van der Waals surface area contributed by atoms with E-state index >= 15 is 0 Å². The summed E-state index contributed by atoms with van der Waals surface area (Å²) >= 11 is 0. The van der Waals surface area contributed by atoms with E-state index in [1.54, 1.807) is 6.92 Å². The number of guanidine groups is 1. The minimum absolute atomic E-state index is 0.212. The molecule has 3 rings (SSSR count). The van der Waals surface area contributed by atoms with Crippen molar-refractivity contribution in [3.05, 3.63) is 58.7 Å². The highest BCUT2D eigenvalue weighted by atomic mass is 16.5. The molecule has 29 heavy (non-hydrogen) atoms. The maximum Gasteiger partial charge on any atom is 0.436 e. The van der Waals surface area contributed by atoms with Crippen LogP contribution in [-0.4, -0.2) is 31.2 Å². The smallest absolute Gasteiger partial charge is 0.436 e. The van der Waals surface area contributed by atoms with Gasteiger partial charge >= 0.3 is 6.09 Å². The minimum Gasteiger partial charge on any atom is -0.448 e. The van der Waals surface area contributed by atoms with E-state index in [-0.39, 0.29) is 6.04 Å². The molecule has 5 heteroatoms.